The Bertz CT molecular complexity index is 716. The number of nitrogens with two attached hydrogens (primary N) is 1. The van der Waals surface area contributed by atoms with Gasteiger partial charge in [-0.15, -0.1) is 11.3 Å². The molecule has 0 aliphatic carbocycles. The van der Waals surface area contributed by atoms with Gasteiger partial charge in [0.05, 0.1) is 19.6 Å². The Balaban J connectivity index is 1.89. The lowest BCUT2D eigenvalue weighted by atomic mass is 10.1. The van der Waals surface area contributed by atoms with Gasteiger partial charge in [-0.25, -0.2) is 4.79 Å². The van der Waals surface area contributed by atoms with Gasteiger partial charge in [-0.05, 0) is 36.4 Å². The van der Waals surface area contributed by atoms with Crippen LogP contribution in [0.5, 0.6) is 5.75 Å². The van der Waals surface area contributed by atoms with E-state index in [2.05, 4.69) is 10.6 Å². The van der Waals surface area contributed by atoms with Crippen LogP contribution in [-0.2, 0) is 11.2 Å². The molecule has 6 nitrogen and oxygen atoms in total. The molecule has 0 radical (unpaired) electrons. The highest BCUT2D eigenvalue weighted by atomic mass is 32.1. The van der Waals surface area contributed by atoms with E-state index in [4.69, 9.17) is 10.5 Å². The summed E-state index contributed by atoms with van der Waals surface area (Å²) in [4.78, 5) is 24.3. The van der Waals surface area contributed by atoms with Crippen LogP contribution < -0.4 is 21.1 Å². The second kappa shape index (κ2) is 9.08. The molecule has 0 saturated heterocycles. The summed E-state index contributed by atoms with van der Waals surface area (Å²) in [5.74, 6) is 0.672. The van der Waals surface area contributed by atoms with Gasteiger partial charge >= 0.3 is 6.03 Å². The van der Waals surface area contributed by atoms with Crippen molar-refractivity contribution in [2.45, 2.75) is 25.8 Å². The second-order valence-corrected chi connectivity index (χ2v) is 6.68. The molecule has 1 aromatic carbocycles. The van der Waals surface area contributed by atoms with Gasteiger partial charge in [-0.3, -0.25) is 4.79 Å². The van der Waals surface area contributed by atoms with Crippen LogP contribution in [0.2, 0.25) is 0 Å². The fraction of sp³-hybridized carbons (Fsp3) is 0.333. The van der Waals surface area contributed by atoms with E-state index in [1.165, 1.54) is 11.3 Å². The number of aryl methyl sites for hydroxylation is 1. The van der Waals surface area contributed by atoms with Crippen LogP contribution in [-0.4, -0.2) is 25.6 Å². The van der Waals surface area contributed by atoms with Gasteiger partial charge < -0.3 is 21.1 Å². The third kappa shape index (κ3) is 5.79. The maximum Gasteiger partial charge on any atom is 0.312 e. The van der Waals surface area contributed by atoms with Gasteiger partial charge in [0.2, 0.25) is 5.91 Å². The summed E-state index contributed by atoms with van der Waals surface area (Å²) in [6.07, 6.45) is 0.817. The SMILES string of the molecule is COc1ccc(C)cc1CCNC(=O)CC(NC(N)=O)c1cccs1. The summed E-state index contributed by atoms with van der Waals surface area (Å²) in [7, 11) is 1.63. The second-order valence-electron chi connectivity index (χ2n) is 5.70. The predicted octanol–water partition coefficient (Wildman–Crippen LogP) is 2.52. The minimum absolute atomic E-state index is 0.140. The maximum absolute atomic E-state index is 12.2. The Morgan fingerprint density at radius 2 is 2.12 bits per heavy atom. The van der Waals surface area contributed by atoms with Crippen LogP contribution in [0.4, 0.5) is 4.79 Å². The van der Waals surface area contributed by atoms with E-state index in [0.717, 1.165) is 21.8 Å². The number of urea groups is 1. The molecule has 7 heteroatoms. The summed E-state index contributed by atoms with van der Waals surface area (Å²) < 4.78 is 5.34. The Morgan fingerprint density at radius 3 is 2.76 bits per heavy atom. The van der Waals surface area contributed by atoms with Crippen molar-refractivity contribution >= 4 is 23.3 Å². The molecule has 2 rings (SSSR count). The van der Waals surface area contributed by atoms with Crippen molar-refractivity contribution in [1.29, 1.82) is 0 Å². The van der Waals surface area contributed by atoms with E-state index >= 15 is 0 Å². The minimum atomic E-state index is -0.643. The zero-order chi connectivity index (χ0) is 18.2. The quantitative estimate of drug-likeness (QED) is 0.674. The number of thiophene rings is 1. The van der Waals surface area contributed by atoms with Crippen LogP contribution >= 0.6 is 11.3 Å². The Hall–Kier alpha value is -2.54. The van der Waals surface area contributed by atoms with Crippen molar-refractivity contribution in [2.75, 3.05) is 13.7 Å². The van der Waals surface area contributed by atoms with E-state index in [-0.39, 0.29) is 12.3 Å². The molecule has 0 spiro atoms. The number of rotatable bonds is 8. The third-order valence-electron chi connectivity index (χ3n) is 3.75. The predicted molar refractivity (Wildman–Crippen MR) is 98.8 cm³/mol. The highest BCUT2D eigenvalue weighted by molar-refractivity contribution is 7.10. The van der Waals surface area contributed by atoms with Gasteiger partial charge in [-0.1, -0.05) is 23.8 Å². The van der Waals surface area contributed by atoms with E-state index in [1.807, 2.05) is 42.6 Å². The monoisotopic (exact) mass is 361 g/mol. The largest absolute Gasteiger partial charge is 0.496 e. The molecule has 0 aliphatic rings. The summed E-state index contributed by atoms with van der Waals surface area (Å²) in [6.45, 7) is 2.51. The molecule has 4 N–H and O–H groups in total. The minimum Gasteiger partial charge on any atom is -0.496 e. The van der Waals surface area contributed by atoms with Gasteiger partial charge in [0.15, 0.2) is 0 Å². The van der Waals surface area contributed by atoms with Crippen molar-refractivity contribution in [1.82, 2.24) is 10.6 Å². The molecule has 1 unspecified atom stereocenters. The van der Waals surface area contributed by atoms with Crippen LogP contribution in [0, 0.1) is 6.92 Å². The molecular formula is C18H23N3O3S. The molecule has 0 aliphatic heterocycles. The van der Waals surface area contributed by atoms with Gasteiger partial charge in [0.1, 0.15) is 5.75 Å². The number of benzene rings is 1. The van der Waals surface area contributed by atoms with Gasteiger partial charge in [0, 0.05) is 11.4 Å². The van der Waals surface area contributed by atoms with Crippen LogP contribution in [0.15, 0.2) is 35.7 Å². The number of carbonyl (C=O) groups excluding carboxylic acids is 2. The van der Waals surface area contributed by atoms with Crippen molar-refractivity contribution < 1.29 is 14.3 Å². The normalized spacial score (nSPS) is 11.6. The van der Waals surface area contributed by atoms with Crippen molar-refractivity contribution in [3.05, 3.63) is 51.7 Å². The van der Waals surface area contributed by atoms with E-state index in [1.54, 1.807) is 7.11 Å². The van der Waals surface area contributed by atoms with Crippen LogP contribution in [0.25, 0.3) is 0 Å². The molecule has 25 heavy (non-hydrogen) atoms. The summed E-state index contributed by atoms with van der Waals surface area (Å²) >= 11 is 1.48. The first-order valence-corrected chi connectivity index (χ1v) is 8.87. The standard InChI is InChI=1S/C18H23N3O3S/c1-12-5-6-15(24-2)13(10-12)7-8-20-17(22)11-14(21-18(19)23)16-4-3-9-25-16/h3-6,9-10,14H,7-8,11H2,1-2H3,(H,20,22)(H3,19,21,23). The number of hydrogen-bond acceptors (Lipinski definition) is 4. The Kier molecular flexibility index (Phi) is 6.82. The third-order valence-corrected chi connectivity index (χ3v) is 4.73. The van der Waals surface area contributed by atoms with E-state index in [0.29, 0.717) is 13.0 Å². The zero-order valence-corrected chi connectivity index (χ0v) is 15.2. The smallest absolute Gasteiger partial charge is 0.312 e. The molecule has 0 fully saturated rings. The summed E-state index contributed by atoms with van der Waals surface area (Å²) in [5.41, 5.74) is 7.40. The Morgan fingerprint density at radius 1 is 1.32 bits per heavy atom. The molecule has 1 aromatic heterocycles. The van der Waals surface area contributed by atoms with Crippen LogP contribution in [0.1, 0.15) is 28.5 Å². The topological polar surface area (TPSA) is 93.4 Å². The number of methoxy groups -OCH3 is 1. The lowest BCUT2D eigenvalue weighted by Crippen LogP contribution is -2.36. The Labute approximate surface area is 151 Å². The number of nitrogens with one attached hydrogen (secondary N) is 2. The molecule has 1 heterocycles. The van der Waals surface area contributed by atoms with Crippen molar-refractivity contribution in [3.8, 4) is 5.75 Å². The molecule has 1 atom stereocenters. The lowest BCUT2D eigenvalue weighted by Gasteiger charge is -2.16. The molecular weight excluding hydrogens is 338 g/mol. The lowest BCUT2D eigenvalue weighted by molar-refractivity contribution is -0.121. The van der Waals surface area contributed by atoms with Gasteiger partial charge in [-0.2, -0.15) is 0 Å². The number of primary amides is 1. The first-order valence-electron chi connectivity index (χ1n) is 7.99. The first-order chi connectivity index (χ1) is 12.0. The number of amides is 3. The molecule has 0 bridgehead atoms. The fourth-order valence-electron chi connectivity index (χ4n) is 2.58. The number of ether oxygens (including phenoxy) is 1. The summed E-state index contributed by atoms with van der Waals surface area (Å²) in [6, 6.07) is 8.65. The van der Waals surface area contributed by atoms with Gasteiger partial charge in [0.25, 0.3) is 0 Å². The van der Waals surface area contributed by atoms with E-state index < -0.39 is 12.1 Å². The summed E-state index contributed by atoms with van der Waals surface area (Å²) in [5, 5.41) is 7.40. The molecule has 2 aromatic rings. The van der Waals surface area contributed by atoms with E-state index in [9.17, 15) is 9.59 Å². The first kappa shape index (κ1) is 18.8. The zero-order valence-electron chi connectivity index (χ0n) is 14.4. The molecule has 134 valence electrons. The number of hydrogen-bond donors (Lipinski definition) is 3. The highest BCUT2D eigenvalue weighted by Crippen LogP contribution is 2.22. The molecule has 3 amide bonds. The van der Waals surface area contributed by atoms with Crippen molar-refractivity contribution in [3.63, 3.8) is 0 Å². The molecule has 0 saturated carbocycles. The average Bonchev–Trinajstić information content (AvgIpc) is 3.08. The van der Waals surface area contributed by atoms with Crippen molar-refractivity contribution in [2.24, 2.45) is 5.73 Å². The van der Waals surface area contributed by atoms with Crippen LogP contribution in [0.3, 0.4) is 0 Å². The fourth-order valence-corrected chi connectivity index (χ4v) is 3.36. The average molecular weight is 361 g/mol. The highest BCUT2D eigenvalue weighted by Gasteiger charge is 2.18. The maximum atomic E-state index is 12.2. The number of carbonyl (C=O) groups is 2.